The molecule has 30 heavy (non-hydrogen) atoms. The van der Waals surface area contributed by atoms with Gasteiger partial charge < -0.3 is 24.3 Å². The Labute approximate surface area is 175 Å². The zero-order chi connectivity index (χ0) is 21.3. The van der Waals surface area contributed by atoms with Crippen LogP contribution in [0.1, 0.15) is 21.5 Å². The number of carbonyl (C=O) groups is 1. The Hall–Kier alpha value is -3.74. The van der Waals surface area contributed by atoms with Gasteiger partial charge in [-0.05, 0) is 35.9 Å². The molecule has 0 spiro atoms. The van der Waals surface area contributed by atoms with Crippen molar-refractivity contribution in [2.45, 2.75) is 13.2 Å². The maximum Gasteiger partial charge on any atom is 0.251 e. The van der Waals surface area contributed by atoms with Gasteiger partial charge in [-0.25, -0.2) is 0 Å². The highest BCUT2D eigenvalue weighted by Crippen LogP contribution is 2.38. The van der Waals surface area contributed by atoms with Crippen LogP contribution in [0.5, 0.6) is 23.0 Å². The number of rotatable bonds is 9. The van der Waals surface area contributed by atoms with Crippen molar-refractivity contribution in [2.24, 2.45) is 0 Å². The third-order valence-corrected chi connectivity index (χ3v) is 4.43. The molecular formula is C23H24N2O5. The van der Waals surface area contributed by atoms with E-state index in [1.807, 2.05) is 36.4 Å². The molecule has 0 saturated carbocycles. The lowest BCUT2D eigenvalue weighted by molar-refractivity contribution is 0.0950. The van der Waals surface area contributed by atoms with Crippen molar-refractivity contribution >= 4 is 5.91 Å². The van der Waals surface area contributed by atoms with Gasteiger partial charge in [-0.15, -0.1) is 0 Å². The normalized spacial score (nSPS) is 10.2. The highest BCUT2D eigenvalue weighted by atomic mass is 16.5. The number of carbonyl (C=O) groups excluding carboxylic acids is 1. The van der Waals surface area contributed by atoms with Crippen LogP contribution >= 0.6 is 0 Å². The number of benzene rings is 2. The van der Waals surface area contributed by atoms with E-state index in [4.69, 9.17) is 18.9 Å². The predicted molar refractivity (Wildman–Crippen MR) is 112 cm³/mol. The van der Waals surface area contributed by atoms with E-state index in [1.165, 1.54) is 21.3 Å². The van der Waals surface area contributed by atoms with E-state index in [1.54, 1.807) is 24.5 Å². The average molecular weight is 408 g/mol. The third kappa shape index (κ3) is 5.20. The first-order chi connectivity index (χ1) is 14.6. The monoisotopic (exact) mass is 408 g/mol. The molecule has 0 aliphatic rings. The van der Waals surface area contributed by atoms with Crippen LogP contribution in [-0.2, 0) is 13.2 Å². The second-order valence-corrected chi connectivity index (χ2v) is 6.39. The van der Waals surface area contributed by atoms with Gasteiger partial charge in [0.15, 0.2) is 11.5 Å². The minimum atomic E-state index is -0.244. The number of hydrogen-bond donors (Lipinski definition) is 1. The molecule has 7 nitrogen and oxygen atoms in total. The number of nitrogens with zero attached hydrogens (tertiary/aromatic N) is 1. The lowest BCUT2D eigenvalue weighted by Gasteiger charge is -2.14. The molecule has 1 N–H and O–H groups in total. The van der Waals surface area contributed by atoms with E-state index in [0.29, 0.717) is 36.0 Å². The quantitative estimate of drug-likeness (QED) is 0.583. The lowest BCUT2D eigenvalue weighted by atomic mass is 10.1. The molecule has 156 valence electrons. The number of amides is 1. The lowest BCUT2D eigenvalue weighted by Crippen LogP contribution is -2.23. The van der Waals surface area contributed by atoms with E-state index < -0.39 is 0 Å². The van der Waals surface area contributed by atoms with Crippen molar-refractivity contribution in [1.29, 1.82) is 0 Å². The molecule has 7 heteroatoms. The van der Waals surface area contributed by atoms with E-state index in [2.05, 4.69) is 10.3 Å². The second-order valence-electron chi connectivity index (χ2n) is 6.39. The first-order valence-corrected chi connectivity index (χ1v) is 9.33. The molecule has 1 heterocycles. The summed E-state index contributed by atoms with van der Waals surface area (Å²) < 4.78 is 21.6. The molecule has 3 rings (SSSR count). The molecule has 3 aromatic rings. The number of ether oxygens (including phenoxy) is 4. The van der Waals surface area contributed by atoms with Gasteiger partial charge in [0.05, 0.1) is 21.3 Å². The number of hydrogen-bond acceptors (Lipinski definition) is 6. The first-order valence-electron chi connectivity index (χ1n) is 9.33. The number of pyridine rings is 1. The molecular weight excluding hydrogens is 384 g/mol. The molecule has 0 aliphatic heterocycles. The van der Waals surface area contributed by atoms with Crippen molar-refractivity contribution < 1.29 is 23.7 Å². The zero-order valence-corrected chi connectivity index (χ0v) is 17.2. The van der Waals surface area contributed by atoms with Crippen LogP contribution in [0.2, 0.25) is 0 Å². The van der Waals surface area contributed by atoms with Crippen LogP contribution in [-0.4, -0.2) is 32.2 Å². The molecule has 0 radical (unpaired) electrons. The number of methoxy groups -OCH3 is 3. The Morgan fingerprint density at radius 3 is 2.20 bits per heavy atom. The fraction of sp³-hybridized carbons (Fsp3) is 0.217. The zero-order valence-electron chi connectivity index (χ0n) is 17.2. The SMILES string of the molecule is COc1cc(C(=O)NCc2ccc(OCc3cccnc3)cc2)cc(OC)c1OC. The first kappa shape index (κ1) is 21.0. The summed E-state index contributed by atoms with van der Waals surface area (Å²) in [5.41, 5.74) is 2.37. The van der Waals surface area contributed by atoms with E-state index >= 15 is 0 Å². The minimum Gasteiger partial charge on any atom is -0.493 e. The maximum atomic E-state index is 12.6. The van der Waals surface area contributed by atoms with Crippen molar-refractivity contribution in [3.63, 3.8) is 0 Å². The van der Waals surface area contributed by atoms with Crippen molar-refractivity contribution in [1.82, 2.24) is 10.3 Å². The average Bonchev–Trinajstić information content (AvgIpc) is 2.81. The number of aromatic nitrogens is 1. The van der Waals surface area contributed by atoms with Gasteiger partial charge in [0.2, 0.25) is 5.75 Å². The van der Waals surface area contributed by atoms with Crippen LogP contribution in [0.3, 0.4) is 0 Å². The Bertz CT molecular complexity index is 950. The Morgan fingerprint density at radius 1 is 0.933 bits per heavy atom. The van der Waals surface area contributed by atoms with Crippen molar-refractivity contribution in [2.75, 3.05) is 21.3 Å². The summed E-state index contributed by atoms with van der Waals surface area (Å²) >= 11 is 0. The van der Waals surface area contributed by atoms with Gasteiger partial charge >= 0.3 is 0 Å². The molecule has 2 aromatic carbocycles. The largest absolute Gasteiger partial charge is 0.493 e. The van der Waals surface area contributed by atoms with Crippen LogP contribution < -0.4 is 24.3 Å². The van der Waals surface area contributed by atoms with Gasteiger partial charge in [-0.3, -0.25) is 9.78 Å². The smallest absolute Gasteiger partial charge is 0.251 e. The topological polar surface area (TPSA) is 78.9 Å². The van der Waals surface area contributed by atoms with Crippen molar-refractivity contribution in [3.05, 3.63) is 77.6 Å². The van der Waals surface area contributed by atoms with Gasteiger partial charge in [0, 0.05) is 30.1 Å². The highest BCUT2D eigenvalue weighted by Gasteiger charge is 2.16. The second kappa shape index (κ2) is 10.2. The molecule has 0 saturated heterocycles. The van der Waals surface area contributed by atoms with Crippen LogP contribution in [0.15, 0.2) is 60.9 Å². The minimum absolute atomic E-state index is 0.244. The van der Waals surface area contributed by atoms with Gasteiger partial charge in [-0.1, -0.05) is 18.2 Å². The number of nitrogens with one attached hydrogen (secondary N) is 1. The van der Waals surface area contributed by atoms with Gasteiger partial charge in [-0.2, -0.15) is 0 Å². The fourth-order valence-corrected chi connectivity index (χ4v) is 2.85. The molecule has 1 aromatic heterocycles. The van der Waals surface area contributed by atoms with Crippen LogP contribution in [0.4, 0.5) is 0 Å². The summed E-state index contributed by atoms with van der Waals surface area (Å²) in [4.78, 5) is 16.7. The molecule has 0 atom stereocenters. The molecule has 0 fully saturated rings. The molecule has 1 amide bonds. The molecule has 0 aliphatic carbocycles. The van der Waals surface area contributed by atoms with E-state index in [9.17, 15) is 4.79 Å². The Kier molecular flexibility index (Phi) is 7.10. The summed E-state index contributed by atoms with van der Waals surface area (Å²) in [6, 6.07) is 14.6. The summed E-state index contributed by atoms with van der Waals surface area (Å²) in [7, 11) is 4.54. The summed E-state index contributed by atoms with van der Waals surface area (Å²) in [5, 5.41) is 2.89. The van der Waals surface area contributed by atoms with Gasteiger partial charge in [0.25, 0.3) is 5.91 Å². The maximum absolute atomic E-state index is 12.6. The fourth-order valence-electron chi connectivity index (χ4n) is 2.85. The van der Waals surface area contributed by atoms with E-state index in [-0.39, 0.29) is 5.91 Å². The Morgan fingerprint density at radius 2 is 1.63 bits per heavy atom. The predicted octanol–water partition coefficient (Wildman–Crippen LogP) is 3.62. The molecule has 0 unspecified atom stereocenters. The van der Waals surface area contributed by atoms with Crippen LogP contribution in [0, 0.1) is 0 Å². The molecule has 0 bridgehead atoms. The standard InChI is InChI=1S/C23H24N2O5/c1-27-20-11-18(12-21(28-2)22(20)29-3)23(26)25-14-16-6-8-19(9-7-16)30-15-17-5-4-10-24-13-17/h4-13H,14-15H2,1-3H3,(H,25,26). The third-order valence-electron chi connectivity index (χ3n) is 4.43. The summed E-state index contributed by atoms with van der Waals surface area (Å²) in [6.07, 6.45) is 3.50. The van der Waals surface area contributed by atoms with Crippen LogP contribution in [0.25, 0.3) is 0 Å². The van der Waals surface area contributed by atoms with Crippen molar-refractivity contribution in [3.8, 4) is 23.0 Å². The summed E-state index contributed by atoms with van der Waals surface area (Å²) in [6.45, 7) is 0.823. The van der Waals surface area contributed by atoms with Gasteiger partial charge in [0.1, 0.15) is 12.4 Å². The summed E-state index contributed by atoms with van der Waals surface area (Å²) in [5.74, 6) is 1.80. The highest BCUT2D eigenvalue weighted by molar-refractivity contribution is 5.95. The Balaban J connectivity index is 1.59. The van der Waals surface area contributed by atoms with E-state index in [0.717, 1.165) is 16.9 Å².